The molecule has 2 aliphatic heterocycles. The molecule has 1 fully saturated rings. The Hall–Kier alpha value is -3.59. The SMILES string of the molecule is O=C1OCCN1C(=O)[C@H]1[C@H](c2ccc(F)cc2)C(c2ccc(F)cc2)=NN1c1ccc(Br)cc1. The smallest absolute Gasteiger partial charge is 0.416 e. The molecule has 3 aromatic carbocycles. The normalized spacial score (nSPS) is 19.9. The molecule has 0 saturated carbocycles. The second kappa shape index (κ2) is 8.98. The van der Waals surface area contributed by atoms with Crippen LogP contribution in [0, 0.1) is 11.6 Å². The van der Waals surface area contributed by atoms with E-state index in [0.717, 1.165) is 9.37 Å². The summed E-state index contributed by atoms with van der Waals surface area (Å²) < 4.78 is 33.3. The van der Waals surface area contributed by atoms with E-state index in [0.29, 0.717) is 22.5 Å². The lowest BCUT2D eigenvalue weighted by Gasteiger charge is -2.29. The van der Waals surface area contributed by atoms with Gasteiger partial charge in [-0.05, 0) is 59.7 Å². The van der Waals surface area contributed by atoms with Crippen LogP contribution < -0.4 is 5.01 Å². The number of imide groups is 1. The Kier molecular flexibility index (Phi) is 5.87. The molecule has 0 radical (unpaired) electrons. The van der Waals surface area contributed by atoms with Crippen molar-refractivity contribution >= 4 is 39.3 Å². The zero-order valence-electron chi connectivity index (χ0n) is 17.7. The summed E-state index contributed by atoms with van der Waals surface area (Å²) in [5.41, 5.74) is 2.37. The minimum Gasteiger partial charge on any atom is -0.447 e. The summed E-state index contributed by atoms with van der Waals surface area (Å²) in [6, 6.07) is 17.9. The first kappa shape index (κ1) is 22.2. The zero-order chi connectivity index (χ0) is 23.8. The van der Waals surface area contributed by atoms with E-state index in [4.69, 9.17) is 9.84 Å². The highest BCUT2D eigenvalue weighted by molar-refractivity contribution is 9.10. The molecule has 2 aliphatic rings. The molecule has 0 N–H and O–H groups in total. The van der Waals surface area contributed by atoms with E-state index >= 15 is 0 Å². The Morgan fingerprint density at radius 3 is 2.15 bits per heavy atom. The van der Waals surface area contributed by atoms with E-state index in [1.54, 1.807) is 41.4 Å². The lowest BCUT2D eigenvalue weighted by Crippen LogP contribution is -2.48. The summed E-state index contributed by atoms with van der Waals surface area (Å²) in [4.78, 5) is 27.1. The zero-order valence-corrected chi connectivity index (χ0v) is 19.3. The summed E-state index contributed by atoms with van der Waals surface area (Å²) in [6.07, 6.45) is -0.714. The van der Waals surface area contributed by atoms with E-state index in [1.165, 1.54) is 24.3 Å². The molecule has 34 heavy (non-hydrogen) atoms. The molecule has 0 unspecified atom stereocenters. The molecular formula is C25H18BrF2N3O3. The average molecular weight is 526 g/mol. The van der Waals surface area contributed by atoms with Crippen molar-refractivity contribution in [2.24, 2.45) is 5.10 Å². The van der Waals surface area contributed by atoms with Gasteiger partial charge in [-0.3, -0.25) is 9.80 Å². The van der Waals surface area contributed by atoms with E-state index in [-0.39, 0.29) is 13.2 Å². The second-order valence-corrected chi connectivity index (χ2v) is 8.81. The molecule has 2 amide bonds. The van der Waals surface area contributed by atoms with Gasteiger partial charge < -0.3 is 4.74 Å². The van der Waals surface area contributed by atoms with Gasteiger partial charge in [-0.25, -0.2) is 18.5 Å². The van der Waals surface area contributed by atoms with E-state index in [9.17, 15) is 18.4 Å². The van der Waals surface area contributed by atoms with Gasteiger partial charge in [0.05, 0.1) is 23.9 Å². The molecule has 6 nitrogen and oxygen atoms in total. The van der Waals surface area contributed by atoms with Crippen molar-refractivity contribution in [2.75, 3.05) is 18.2 Å². The topological polar surface area (TPSA) is 62.2 Å². The van der Waals surface area contributed by atoms with Crippen LogP contribution >= 0.6 is 15.9 Å². The number of hydrazone groups is 1. The van der Waals surface area contributed by atoms with Gasteiger partial charge in [0.2, 0.25) is 0 Å². The molecule has 9 heteroatoms. The molecule has 0 aliphatic carbocycles. The number of ether oxygens (including phenoxy) is 1. The van der Waals surface area contributed by atoms with Crippen LogP contribution in [0.3, 0.4) is 0 Å². The minimum absolute atomic E-state index is 0.114. The molecule has 3 aromatic rings. The Morgan fingerprint density at radius 2 is 1.56 bits per heavy atom. The summed E-state index contributed by atoms with van der Waals surface area (Å²) in [5.74, 6) is -1.97. The number of benzene rings is 3. The first-order valence-electron chi connectivity index (χ1n) is 10.6. The van der Waals surface area contributed by atoms with Gasteiger partial charge in [-0.1, -0.05) is 40.2 Å². The highest BCUT2D eigenvalue weighted by atomic mass is 79.9. The van der Waals surface area contributed by atoms with Gasteiger partial charge in [-0.2, -0.15) is 5.10 Å². The van der Waals surface area contributed by atoms with Crippen molar-refractivity contribution in [1.82, 2.24) is 4.90 Å². The van der Waals surface area contributed by atoms with Crippen LogP contribution in [0.1, 0.15) is 17.0 Å². The van der Waals surface area contributed by atoms with Crippen molar-refractivity contribution < 1.29 is 23.1 Å². The maximum atomic E-state index is 13.8. The highest BCUT2D eigenvalue weighted by Crippen LogP contribution is 2.39. The predicted octanol–water partition coefficient (Wildman–Crippen LogP) is 5.08. The number of anilines is 1. The van der Waals surface area contributed by atoms with Crippen LogP contribution in [0.25, 0.3) is 0 Å². The van der Waals surface area contributed by atoms with Crippen molar-refractivity contribution in [3.63, 3.8) is 0 Å². The monoisotopic (exact) mass is 525 g/mol. The molecule has 0 aromatic heterocycles. The van der Waals surface area contributed by atoms with Crippen LogP contribution in [0.4, 0.5) is 19.3 Å². The maximum Gasteiger partial charge on any atom is 0.416 e. The van der Waals surface area contributed by atoms with Gasteiger partial charge >= 0.3 is 6.09 Å². The number of halogens is 3. The molecule has 172 valence electrons. The molecule has 2 heterocycles. The molecule has 5 rings (SSSR count). The Balaban J connectivity index is 1.68. The Labute approximate surface area is 202 Å². The third kappa shape index (κ3) is 4.07. The van der Waals surface area contributed by atoms with Crippen LogP contribution in [-0.2, 0) is 9.53 Å². The summed E-state index contributed by atoms with van der Waals surface area (Å²) in [5, 5.41) is 6.35. The molecule has 2 atom stereocenters. The van der Waals surface area contributed by atoms with Crippen LogP contribution in [0.2, 0.25) is 0 Å². The number of cyclic esters (lactones) is 1. The summed E-state index contributed by atoms with van der Waals surface area (Å²) >= 11 is 3.41. The lowest BCUT2D eigenvalue weighted by molar-refractivity contribution is -0.129. The largest absolute Gasteiger partial charge is 0.447 e. The summed E-state index contributed by atoms with van der Waals surface area (Å²) in [6.45, 7) is 0.243. The number of hydrogen-bond donors (Lipinski definition) is 0. The fourth-order valence-corrected chi connectivity index (χ4v) is 4.48. The Morgan fingerprint density at radius 1 is 0.941 bits per heavy atom. The predicted molar refractivity (Wildman–Crippen MR) is 126 cm³/mol. The number of carbonyl (C=O) groups excluding carboxylic acids is 2. The number of hydrogen-bond acceptors (Lipinski definition) is 5. The van der Waals surface area contributed by atoms with Crippen LogP contribution in [0.5, 0.6) is 0 Å². The van der Waals surface area contributed by atoms with Crippen molar-refractivity contribution in [3.05, 3.63) is 100 Å². The first-order valence-corrected chi connectivity index (χ1v) is 11.3. The van der Waals surface area contributed by atoms with E-state index in [1.807, 2.05) is 12.1 Å². The first-order chi connectivity index (χ1) is 16.4. The third-order valence-corrected chi connectivity index (χ3v) is 6.36. The quantitative estimate of drug-likeness (QED) is 0.476. The van der Waals surface area contributed by atoms with Gasteiger partial charge in [0.25, 0.3) is 5.91 Å². The molecule has 0 bridgehead atoms. The number of amides is 2. The number of rotatable bonds is 4. The Bertz CT molecular complexity index is 1260. The van der Waals surface area contributed by atoms with E-state index < -0.39 is 35.6 Å². The van der Waals surface area contributed by atoms with Crippen molar-refractivity contribution in [1.29, 1.82) is 0 Å². The van der Waals surface area contributed by atoms with Gasteiger partial charge in [0.15, 0.2) is 0 Å². The average Bonchev–Trinajstić information content (AvgIpc) is 3.44. The minimum atomic E-state index is -0.947. The van der Waals surface area contributed by atoms with Gasteiger partial charge in [-0.15, -0.1) is 0 Å². The van der Waals surface area contributed by atoms with Crippen molar-refractivity contribution in [2.45, 2.75) is 12.0 Å². The standard InChI is InChI=1S/C25H18BrF2N3O3/c26-17-5-11-20(12-6-17)31-23(24(32)30-13-14-34-25(30)33)21(15-1-7-18(27)8-2-15)22(29-31)16-3-9-19(28)10-4-16/h1-12,21,23H,13-14H2/t21-,23-/m1/s1. The lowest BCUT2D eigenvalue weighted by atomic mass is 9.84. The fraction of sp³-hybridized carbons (Fsp3) is 0.160. The number of carbonyl (C=O) groups is 2. The van der Waals surface area contributed by atoms with Gasteiger partial charge in [0, 0.05) is 4.47 Å². The maximum absolute atomic E-state index is 13.8. The summed E-state index contributed by atoms with van der Waals surface area (Å²) in [7, 11) is 0. The van der Waals surface area contributed by atoms with Crippen LogP contribution in [-0.4, -0.2) is 41.8 Å². The van der Waals surface area contributed by atoms with Crippen molar-refractivity contribution in [3.8, 4) is 0 Å². The highest BCUT2D eigenvalue weighted by Gasteiger charge is 2.48. The second-order valence-electron chi connectivity index (χ2n) is 7.89. The fourth-order valence-electron chi connectivity index (χ4n) is 4.21. The van der Waals surface area contributed by atoms with Gasteiger partial charge in [0.1, 0.15) is 24.3 Å². The van der Waals surface area contributed by atoms with Crippen LogP contribution in [0.15, 0.2) is 82.4 Å². The third-order valence-electron chi connectivity index (χ3n) is 5.83. The number of nitrogens with zero attached hydrogens (tertiary/aromatic N) is 3. The van der Waals surface area contributed by atoms with E-state index in [2.05, 4.69) is 15.9 Å². The molecule has 0 spiro atoms. The molecular weight excluding hydrogens is 508 g/mol. The molecule has 1 saturated heterocycles.